The van der Waals surface area contributed by atoms with E-state index in [0.717, 1.165) is 5.57 Å². The summed E-state index contributed by atoms with van der Waals surface area (Å²) < 4.78 is 75.6. The number of benzene rings is 3. The first-order chi connectivity index (χ1) is 30.1. The summed E-state index contributed by atoms with van der Waals surface area (Å²) in [6, 6.07) is 24.9. The van der Waals surface area contributed by atoms with Crippen LogP contribution in [-0.2, 0) is 57.3 Å². The fraction of sp³-hybridized carbons (Fsp3) is 0.500. The zero-order valence-corrected chi connectivity index (χ0v) is 37.7. The normalized spacial score (nSPS) is 23.0. The number of hydrogen-bond donors (Lipinski definition) is 0. The second kappa shape index (κ2) is 23.1. The lowest BCUT2D eigenvalue weighted by Crippen LogP contribution is -2.42. The highest BCUT2D eigenvalue weighted by Gasteiger charge is 2.50. The molecule has 1 saturated heterocycles. The van der Waals surface area contributed by atoms with Crippen LogP contribution in [-0.4, -0.2) is 115 Å². The Labute approximate surface area is 370 Å². The second-order valence-corrected chi connectivity index (χ2v) is 18.9. The maximum absolute atomic E-state index is 14.1. The molecule has 15 heteroatoms. The van der Waals surface area contributed by atoms with Crippen LogP contribution in [0.4, 0.5) is 0 Å². The predicted octanol–water partition coefficient (Wildman–Crippen LogP) is 6.61. The molecule has 63 heavy (non-hydrogen) atoms. The van der Waals surface area contributed by atoms with E-state index in [0.29, 0.717) is 18.4 Å². The molecule has 0 aromatic heterocycles. The van der Waals surface area contributed by atoms with Crippen LogP contribution in [0.25, 0.3) is 0 Å². The quantitative estimate of drug-likeness (QED) is 0.0483. The summed E-state index contributed by atoms with van der Waals surface area (Å²) in [5.41, 5.74) is 0.852. The minimum Gasteiger partial charge on any atom is -0.465 e. The molecule has 0 aliphatic carbocycles. The number of esters is 4. The van der Waals surface area contributed by atoms with Gasteiger partial charge in [-0.15, -0.1) is 0 Å². The second-order valence-electron chi connectivity index (χ2n) is 16.9. The number of carbonyl (C=O) groups excluding carboxylic acids is 4. The van der Waals surface area contributed by atoms with Crippen molar-refractivity contribution in [1.82, 2.24) is 0 Å². The molecule has 342 valence electrons. The van der Waals surface area contributed by atoms with E-state index in [9.17, 15) is 27.6 Å². The summed E-state index contributed by atoms with van der Waals surface area (Å²) in [4.78, 5) is 51.6. The predicted molar refractivity (Wildman–Crippen MR) is 231 cm³/mol. The lowest BCUT2D eigenvalue weighted by atomic mass is 9.84. The van der Waals surface area contributed by atoms with Gasteiger partial charge in [0, 0.05) is 38.9 Å². The first-order valence-corrected chi connectivity index (χ1v) is 22.8. The Bertz CT molecular complexity index is 2080. The molecule has 1 fully saturated rings. The zero-order chi connectivity index (χ0) is 45.6. The molecule has 2 aliphatic rings. The summed E-state index contributed by atoms with van der Waals surface area (Å²) in [7, 11) is -1.04. The number of hydrogen-bond acceptors (Lipinski definition) is 14. The lowest BCUT2D eigenvalue weighted by Gasteiger charge is -2.37. The van der Waals surface area contributed by atoms with Gasteiger partial charge in [0.1, 0.15) is 25.9 Å². The summed E-state index contributed by atoms with van der Waals surface area (Å²) in [6.07, 6.45) is -1.39. The van der Waals surface area contributed by atoms with Crippen molar-refractivity contribution >= 4 is 33.7 Å². The van der Waals surface area contributed by atoms with Gasteiger partial charge in [-0.2, -0.15) is 0 Å². The van der Waals surface area contributed by atoms with Gasteiger partial charge in [-0.25, -0.2) is 22.8 Å². The summed E-state index contributed by atoms with van der Waals surface area (Å²) in [6.45, 7) is 6.89. The molecular formula is C48H60O14S. The van der Waals surface area contributed by atoms with Gasteiger partial charge in [-0.3, -0.25) is 4.79 Å². The van der Waals surface area contributed by atoms with Gasteiger partial charge in [-0.05, 0) is 76.9 Å². The number of methoxy groups -OCH3 is 2. The third-order valence-corrected chi connectivity index (χ3v) is 12.9. The Hall–Kier alpha value is -4.93. The van der Waals surface area contributed by atoms with Crippen molar-refractivity contribution in [2.24, 2.45) is 17.3 Å². The van der Waals surface area contributed by atoms with Crippen molar-refractivity contribution < 1.29 is 65.5 Å². The fourth-order valence-corrected chi connectivity index (χ4v) is 9.44. The molecule has 2 aliphatic heterocycles. The minimum absolute atomic E-state index is 0.0179. The molecular weight excluding hydrogens is 833 g/mol. The Kier molecular flexibility index (Phi) is 18.0. The Balaban J connectivity index is 1.44. The van der Waals surface area contributed by atoms with Gasteiger partial charge in [0.15, 0.2) is 9.84 Å². The molecule has 0 spiro atoms. The summed E-state index contributed by atoms with van der Waals surface area (Å²) in [5.74, 6) is -3.68. The van der Waals surface area contributed by atoms with Gasteiger partial charge in [0.05, 0.1) is 64.3 Å². The van der Waals surface area contributed by atoms with Gasteiger partial charge in [0.2, 0.25) is 0 Å². The fourth-order valence-electron chi connectivity index (χ4n) is 7.76. The van der Waals surface area contributed by atoms with Crippen LogP contribution in [0.1, 0.15) is 74.1 Å². The molecule has 8 atom stereocenters. The highest BCUT2D eigenvalue weighted by atomic mass is 32.2. The van der Waals surface area contributed by atoms with E-state index in [-0.39, 0.29) is 61.5 Å². The van der Waals surface area contributed by atoms with E-state index in [1.807, 2.05) is 13.0 Å². The summed E-state index contributed by atoms with van der Waals surface area (Å²) in [5, 5.41) is 0. The highest BCUT2D eigenvalue weighted by molar-refractivity contribution is 7.91. The number of carbonyl (C=O) groups is 4. The van der Waals surface area contributed by atoms with E-state index in [2.05, 4.69) is 0 Å². The van der Waals surface area contributed by atoms with Crippen molar-refractivity contribution in [3.63, 3.8) is 0 Å². The minimum atomic E-state index is -3.91. The number of sulfone groups is 1. The molecule has 2 heterocycles. The van der Waals surface area contributed by atoms with E-state index in [4.69, 9.17) is 37.9 Å². The zero-order valence-electron chi connectivity index (χ0n) is 36.8. The molecule has 14 nitrogen and oxygen atoms in total. The lowest BCUT2D eigenvalue weighted by molar-refractivity contribution is -0.154. The molecule has 3 aromatic carbocycles. The Morgan fingerprint density at radius 3 is 1.98 bits per heavy atom. The largest absolute Gasteiger partial charge is 0.465 e. The average Bonchev–Trinajstić information content (AvgIpc) is 3.57. The Morgan fingerprint density at radius 2 is 1.38 bits per heavy atom. The van der Waals surface area contributed by atoms with Crippen molar-refractivity contribution in [3.05, 3.63) is 114 Å². The van der Waals surface area contributed by atoms with Crippen LogP contribution in [0.5, 0.6) is 0 Å². The first kappa shape index (κ1) is 49.1. The van der Waals surface area contributed by atoms with Gasteiger partial charge in [-0.1, -0.05) is 66.2 Å². The van der Waals surface area contributed by atoms with Crippen LogP contribution in [0, 0.1) is 17.3 Å². The van der Waals surface area contributed by atoms with Crippen molar-refractivity contribution in [1.29, 1.82) is 0 Å². The maximum atomic E-state index is 14.1. The molecule has 0 amide bonds. The SMILES string of the molecule is COCC(=O)OCC1C(C)=C[C@H](CCCOC(=O)C(C)(C)C)O[C@@H]1C[C@@H]1O[C@H](CC(COC(=O)c2ccccc2)OC(=O)c2ccccc2)[C@H](OC)[C@H]1CS(=O)(=O)c1ccccc1. The van der Waals surface area contributed by atoms with E-state index in [1.165, 1.54) is 26.4 Å². The maximum Gasteiger partial charge on any atom is 0.338 e. The molecule has 0 radical (unpaired) electrons. The molecule has 3 aromatic rings. The van der Waals surface area contributed by atoms with E-state index >= 15 is 0 Å². The number of rotatable bonds is 21. The molecule has 0 saturated carbocycles. The van der Waals surface area contributed by atoms with Crippen LogP contribution in [0.3, 0.4) is 0 Å². The van der Waals surface area contributed by atoms with Crippen molar-refractivity contribution in [2.75, 3.05) is 46.4 Å². The van der Waals surface area contributed by atoms with Crippen molar-refractivity contribution in [3.8, 4) is 0 Å². The third kappa shape index (κ3) is 14.3. The van der Waals surface area contributed by atoms with E-state index < -0.39 is 81.6 Å². The Morgan fingerprint density at radius 1 is 0.762 bits per heavy atom. The van der Waals surface area contributed by atoms with Gasteiger partial charge >= 0.3 is 23.9 Å². The standard InChI is InChI=1S/C48H60O14S/c1-32-25-35(21-16-24-57-47(52)48(2,3)4)60-40(38(32)29-58-43(49)30-55-5)27-41-39(31-63(53,54)37-22-14-9-15-23-37)44(56-6)42(62-41)26-36(61-46(51)34-19-12-8-13-20-34)28-59-45(50)33-17-10-7-11-18-33/h7-15,17-20,22-23,25,35-36,38-42,44H,16,21,24,26-31H2,1-6H3/t35-,36?,38?,39-,40+,41-,42+,44+/m0/s1. The van der Waals surface area contributed by atoms with Crippen LogP contribution in [0.15, 0.2) is 108 Å². The molecule has 5 rings (SSSR count). The highest BCUT2D eigenvalue weighted by Crippen LogP contribution is 2.40. The smallest absolute Gasteiger partial charge is 0.338 e. The van der Waals surface area contributed by atoms with Gasteiger partial charge < -0.3 is 37.9 Å². The van der Waals surface area contributed by atoms with E-state index in [1.54, 1.807) is 99.6 Å². The van der Waals surface area contributed by atoms with Crippen molar-refractivity contribution in [2.45, 2.75) is 94.9 Å². The molecule has 0 bridgehead atoms. The summed E-state index contributed by atoms with van der Waals surface area (Å²) >= 11 is 0. The van der Waals surface area contributed by atoms with Crippen LogP contribution < -0.4 is 0 Å². The first-order valence-electron chi connectivity index (χ1n) is 21.2. The topological polar surface area (TPSA) is 176 Å². The third-order valence-electron chi connectivity index (χ3n) is 11.1. The molecule has 2 unspecified atom stereocenters. The van der Waals surface area contributed by atoms with Gasteiger partial charge in [0.25, 0.3) is 0 Å². The van der Waals surface area contributed by atoms with Crippen LogP contribution >= 0.6 is 0 Å². The monoisotopic (exact) mass is 892 g/mol. The number of ether oxygens (including phenoxy) is 8. The van der Waals surface area contributed by atoms with Crippen LogP contribution in [0.2, 0.25) is 0 Å². The molecule has 0 N–H and O–H groups in total. The average molecular weight is 893 g/mol.